The molecule has 2 atom stereocenters. The van der Waals surface area contributed by atoms with Crippen molar-refractivity contribution in [3.8, 4) is 0 Å². The highest BCUT2D eigenvalue weighted by Crippen LogP contribution is 2.03. The Morgan fingerprint density at radius 1 is 1.41 bits per heavy atom. The lowest BCUT2D eigenvalue weighted by molar-refractivity contribution is -0.145. The van der Waals surface area contributed by atoms with Crippen molar-refractivity contribution in [2.45, 2.75) is 18.8 Å². The first kappa shape index (κ1) is 17.3. The number of methoxy groups -OCH3 is 1. The number of carbonyl (C=O) groups is 2. The average Bonchev–Trinajstić information content (AvgIpc) is 2.55. The van der Waals surface area contributed by atoms with E-state index in [-0.39, 0.29) is 6.61 Å². The SMILES string of the molecule is COC(=O)[C@H](NC(=O)OCc1ccccc1)[C@H](O)CN=[N+]=[N-]. The van der Waals surface area contributed by atoms with Crippen LogP contribution in [0.1, 0.15) is 5.56 Å². The summed E-state index contributed by atoms with van der Waals surface area (Å²) in [5.74, 6) is -0.877. The summed E-state index contributed by atoms with van der Waals surface area (Å²) >= 11 is 0. The van der Waals surface area contributed by atoms with E-state index in [0.29, 0.717) is 0 Å². The number of rotatable bonds is 7. The van der Waals surface area contributed by atoms with Crippen LogP contribution in [0, 0.1) is 0 Å². The molecule has 0 aliphatic carbocycles. The van der Waals surface area contributed by atoms with Gasteiger partial charge >= 0.3 is 12.1 Å². The average molecular weight is 308 g/mol. The molecule has 1 aromatic rings. The third kappa shape index (κ3) is 5.70. The van der Waals surface area contributed by atoms with Gasteiger partial charge in [0.1, 0.15) is 6.61 Å². The zero-order valence-electron chi connectivity index (χ0n) is 11.9. The molecule has 0 fully saturated rings. The Morgan fingerprint density at radius 3 is 2.68 bits per heavy atom. The Kier molecular flexibility index (Phi) is 7.24. The molecule has 0 saturated carbocycles. The standard InChI is InChI=1S/C13H16N4O5/c1-21-12(19)11(10(18)7-15-17-14)16-13(20)22-8-9-5-3-2-4-6-9/h2-6,10-11,18H,7-8H2,1H3,(H,16,20)/t10-,11-/m1/s1. The Labute approximate surface area is 126 Å². The van der Waals surface area contributed by atoms with Crippen molar-refractivity contribution >= 4 is 12.1 Å². The summed E-state index contributed by atoms with van der Waals surface area (Å²) in [6.45, 7) is -0.387. The van der Waals surface area contributed by atoms with Gasteiger partial charge in [0.05, 0.1) is 19.8 Å². The first-order valence-electron chi connectivity index (χ1n) is 6.32. The summed E-state index contributed by atoms with van der Waals surface area (Å²) in [5, 5.41) is 15.1. The lowest BCUT2D eigenvalue weighted by Crippen LogP contribution is -2.50. The van der Waals surface area contributed by atoms with Crippen molar-refractivity contribution in [2.75, 3.05) is 13.7 Å². The fourth-order valence-electron chi connectivity index (χ4n) is 1.56. The maximum absolute atomic E-state index is 11.7. The van der Waals surface area contributed by atoms with Crippen molar-refractivity contribution in [3.05, 3.63) is 46.3 Å². The second-order valence-corrected chi connectivity index (χ2v) is 4.19. The van der Waals surface area contributed by atoms with E-state index in [1.54, 1.807) is 24.3 Å². The molecule has 0 saturated heterocycles. The van der Waals surface area contributed by atoms with Crippen LogP contribution >= 0.6 is 0 Å². The number of aliphatic hydroxyl groups is 1. The van der Waals surface area contributed by atoms with Crippen LogP contribution in [-0.2, 0) is 20.9 Å². The van der Waals surface area contributed by atoms with Gasteiger partial charge in [0.25, 0.3) is 0 Å². The van der Waals surface area contributed by atoms with Crippen LogP contribution in [0.5, 0.6) is 0 Å². The first-order valence-corrected chi connectivity index (χ1v) is 6.32. The molecule has 22 heavy (non-hydrogen) atoms. The number of hydrogen-bond donors (Lipinski definition) is 2. The molecule has 9 heteroatoms. The molecule has 0 unspecified atom stereocenters. The molecule has 0 spiro atoms. The number of azide groups is 1. The molecule has 1 aromatic carbocycles. The van der Waals surface area contributed by atoms with Gasteiger partial charge in [-0.15, -0.1) is 0 Å². The van der Waals surface area contributed by atoms with Crippen molar-refractivity contribution in [2.24, 2.45) is 5.11 Å². The van der Waals surface area contributed by atoms with Gasteiger partial charge in [-0.1, -0.05) is 35.4 Å². The number of amides is 1. The number of alkyl carbamates (subject to hydrolysis) is 1. The molecule has 0 aliphatic heterocycles. The molecule has 2 N–H and O–H groups in total. The smallest absolute Gasteiger partial charge is 0.408 e. The van der Waals surface area contributed by atoms with Gasteiger partial charge < -0.3 is 19.9 Å². The van der Waals surface area contributed by atoms with Gasteiger partial charge in [-0.25, -0.2) is 9.59 Å². The Balaban J connectivity index is 2.58. The molecule has 118 valence electrons. The summed E-state index contributed by atoms with van der Waals surface area (Å²) in [6, 6.07) is 7.54. The number of nitrogens with one attached hydrogen (secondary N) is 1. The van der Waals surface area contributed by atoms with Gasteiger partial charge in [0.15, 0.2) is 6.04 Å². The van der Waals surface area contributed by atoms with Crippen molar-refractivity contribution in [1.82, 2.24) is 5.32 Å². The third-order valence-corrected chi connectivity index (χ3v) is 2.66. The molecule has 0 heterocycles. The molecule has 0 radical (unpaired) electrons. The zero-order chi connectivity index (χ0) is 16.4. The van der Waals surface area contributed by atoms with Gasteiger partial charge in [0, 0.05) is 4.91 Å². The first-order chi connectivity index (χ1) is 10.6. The minimum absolute atomic E-state index is 0.00695. The van der Waals surface area contributed by atoms with Gasteiger partial charge in [-0.3, -0.25) is 0 Å². The number of benzene rings is 1. The van der Waals surface area contributed by atoms with Crippen LogP contribution in [0.15, 0.2) is 35.4 Å². The molecule has 0 aromatic heterocycles. The fourth-order valence-corrected chi connectivity index (χ4v) is 1.56. The molecular formula is C13H16N4O5. The van der Waals surface area contributed by atoms with Crippen LogP contribution in [0.3, 0.4) is 0 Å². The summed E-state index contributed by atoms with van der Waals surface area (Å²) in [6.07, 6.45) is -2.33. The van der Waals surface area contributed by atoms with Gasteiger partial charge in [-0.2, -0.15) is 0 Å². The van der Waals surface area contributed by atoms with Crippen molar-refractivity contribution in [1.29, 1.82) is 0 Å². The normalized spacial score (nSPS) is 12.5. The van der Waals surface area contributed by atoms with E-state index in [9.17, 15) is 14.7 Å². The van der Waals surface area contributed by atoms with E-state index in [2.05, 4.69) is 20.1 Å². The Hall–Kier alpha value is -2.77. The lowest BCUT2D eigenvalue weighted by atomic mass is 10.1. The predicted octanol–water partition coefficient (Wildman–Crippen LogP) is 1.13. The largest absolute Gasteiger partial charge is 0.467 e. The maximum atomic E-state index is 11.7. The van der Waals surface area contributed by atoms with Crippen molar-refractivity contribution in [3.63, 3.8) is 0 Å². The summed E-state index contributed by atoms with van der Waals surface area (Å²) in [4.78, 5) is 25.7. The summed E-state index contributed by atoms with van der Waals surface area (Å²) in [7, 11) is 1.10. The monoisotopic (exact) mass is 308 g/mol. The molecule has 9 nitrogen and oxygen atoms in total. The van der Waals surface area contributed by atoms with E-state index >= 15 is 0 Å². The summed E-state index contributed by atoms with van der Waals surface area (Å²) < 4.78 is 9.41. The van der Waals surface area contributed by atoms with E-state index in [1.807, 2.05) is 6.07 Å². The number of aliphatic hydroxyl groups excluding tert-OH is 1. The van der Waals surface area contributed by atoms with Crippen LogP contribution < -0.4 is 5.32 Å². The van der Waals surface area contributed by atoms with Gasteiger partial charge in [0.2, 0.25) is 0 Å². The van der Waals surface area contributed by atoms with Crippen LogP contribution in [0.4, 0.5) is 4.79 Å². The molecule has 0 aliphatic rings. The minimum atomic E-state index is -1.42. The summed E-state index contributed by atoms with van der Waals surface area (Å²) in [5.41, 5.74) is 8.97. The Bertz CT molecular complexity index is 545. The molecule has 1 rings (SSSR count). The van der Waals surface area contributed by atoms with Crippen LogP contribution in [0.2, 0.25) is 0 Å². The van der Waals surface area contributed by atoms with E-state index < -0.39 is 30.8 Å². The minimum Gasteiger partial charge on any atom is -0.467 e. The van der Waals surface area contributed by atoms with E-state index in [1.165, 1.54) is 0 Å². The lowest BCUT2D eigenvalue weighted by Gasteiger charge is -2.20. The Morgan fingerprint density at radius 2 is 2.09 bits per heavy atom. The van der Waals surface area contributed by atoms with Crippen LogP contribution in [0.25, 0.3) is 10.4 Å². The molecule has 1 amide bonds. The number of hydrogen-bond acceptors (Lipinski definition) is 6. The van der Waals surface area contributed by atoms with E-state index in [4.69, 9.17) is 10.3 Å². The zero-order valence-corrected chi connectivity index (χ0v) is 11.9. The third-order valence-electron chi connectivity index (χ3n) is 2.66. The molecule has 0 bridgehead atoms. The predicted molar refractivity (Wildman–Crippen MR) is 75.6 cm³/mol. The van der Waals surface area contributed by atoms with Crippen molar-refractivity contribution < 1.29 is 24.2 Å². The highest BCUT2D eigenvalue weighted by Gasteiger charge is 2.29. The van der Waals surface area contributed by atoms with E-state index in [0.717, 1.165) is 12.7 Å². The van der Waals surface area contributed by atoms with Gasteiger partial charge in [-0.05, 0) is 11.1 Å². The molecular weight excluding hydrogens is 292 g/mol. The quantitative estimate of drug-likeness (QED) is 0.337. The number of nitrogens with zero attached hydrogens (tertiary/aromatic N) is 3. The second kappa shape index (κ2) is 9.22. The number of esters is 1. The maximum Gasteiger partial charge on any atom is 0.408 e. The van der Waals surface area contributed by atoms with Crippen LogP contribution in [-0.4, -0.2) is 43.0 Å². The second-order valence-electron chi connectivity index (χ2n) is 4.19. The fraction of sp³-hybridized carbons (Fsp3) is 0.385. The highest BCUT2D eigenvalue weighted by atomic mass is 16.6. The number of carbonyl (C=O) groups excluding carboxylic acids is 2. The highest BCUT2D eigenvalue weighted by molar-refractivity contribution is 5.81. The topological polar surface area (TPSA) is 134 Å². The number of ether oxygens (including phenoxy) is 2.